The molecule has 0 bridgehead atoms. The second kappa shape index (κ2) is 12.0. The minimum absolute atomic E-state index is 0.00668. The highest BCUT2D eigenvalue weighted by Gasteiger charge is 2.17. The number of fused-ring (bicyclic) bond motifs is 3. The maximum absolute atomic E-state index is 13.2. The van der Waals surface area contributed by atoms with Gasteiger partial charge in [-0.2, -0.15) is 0 Å². The third kappa shape index (κ3) is 6.18. The molecule has 4 rings (SSSR count). The maximum atomic E-state index is 13.2. The van der Waals surface area contributed by atoms with Crippen LogP contribution in [0.15, 0.2) is 53.3 Å². The Kier molecular flexibility index (Phi) is 8.58. The van der Waals surface area contributed by atoms with Gasteiger partial charge < -0.3 is 10.2 Å². The van der Waals surface area contributed by atoms with Crippen LogP contribution in [-0.2, 0) is 17.8 Å². The summed E-state index contributed by atoms with van der Waals surface area (Å²) in [6, 6.07) is 16.0. The van der Waals surface area contributed by atoms with Crippen LogP contribution in [0.1, 0.15) is 51.4 Å². The van der Waals surface area contributed by atoms with E-state index in [-0.39, 0.29) is 11.5 Å². The number of amides is 1. The van der Waals surface area contributed by atoms with Gasteiger partial charge in [-0.15, -0.1) is 10.2 Å². The molecular weight excluding hydrogens is 464 g/mol. The van der Waals surface area contributed by atoms with Gasteiger partial charge in [0, 0.05) is 44.7 Å². The molecule has 196 valence electrons. The molecule has 0 aliphatic carbocycles. The van der Waals surface area contributed by atoms with Crippen molar-refractivity contribution in [1.29, 1.82) is 0 Å². The number of nitrogens with zero attached hydrogens (tertiary/aromatic N) is 5. The number of para-hydroxylation sites is 1. The van der Waals surface area contributed by atoms with Crippen LogP contribution in [0.2, 0.25) is 0 Å². The fraction of sp³-hybridized carbons (Fsp3) is 0.448. The summed E-state index contributed by atoms with van der Waals surface area (Å²) in [7, 11) is 0. The molecule has 0 spiro atoms. The molecule has 4 aromatic rings. The summed E-state index contributed by atoms with van der Waals surface area (Å²) in [6.07, 6.45) is 2.51. The number of carbonyl (C=O) groups excluding carboxylic acids is 1. The fourth-order valence-corrected chi connectivity index (χ4v) is 4.67. The van der Waals surface area contributed by atoms with Gasteiger partial charge in [0.05, 0.1) is 10.9 Å². The highest BCUT2D eigenvalue weighted by Crippen LogP contribution is 2.17. The molecule has 37 heavy (non-hydrogen) atoms. The van der Waals surface area contributed by atoms with Crippen LogP contribution in [-0.4, -0.2) is 44.7 Å². The molecule has 0 radical (unpaired) electrons. The van der Waals surface area contributed by atoms with Crippen molar-refractivity contribution in [2.45, 2.75) is 59.9 Å². The summed E-state index contributed by atoms with van der Waals surface area (Å²) < 4.78 is 3.65. The SMILES string of the molecule is CCN(CCCNC(=O)CCc1nnc2n(CCC(C)C)c(=O)c3ccccc3n12)c1cccc(C)c1. The highest BCUT2D eigenvalue weighted by molar-refractivity contribution is 5.80. The van der Waals surface area contributed by atoms with Gasteiger partial charge in [-0.1, -0.05) is 38.1 Å². The Balaban J connectivity index is 1.40. The lowest BCUT2D eigenvalue weighted by Gasteiger charge is -2.23. The largest absolute Gasteiger partial charge is 0.372 e. The van der Waals surface area contributed by atoms with Crippen LogP contribution in [0, 0.1) is 12.8 Å². The summed E-state index contributed by atoms with van der Waals surface area (Å²) in [5, 5.41) is 12.4. The quantitative estimate of drug-likeness (QED) is 0.291. The van der Waals surface area contributed by atoms with Crippen molar-refractivity contribution in [3.63, 3.8) is 0 Å². The summed E-state index contributed by atoms with van der Waals surface area (Å²) in [6.45, 7) is 11.5. The Morgan fingerprint density at radius 3 is 2.68 bits per heavy atom. The van der Waals surface area contributed by atoms with Gasteiger partial charge in [0.25, 0.3) is 5.56 Å². The van der Waals surface area contributed by atoms with Crippen molar-refractivity contribution in [3.8, 4) is 0 Å². The van der Waals surface area contributed by atoms with Gasteiger partial charge in [-0.25, -0.2) is 0 Å². The number of rotatable bonds is 12. The Bertz CT molecular complexity index is 1420. The van der Waals surface area contributed by atoms with Crippen LogP contribution in [0.5, 0.6) is 0 Å². The van der Waals surface area contributed by atoms with E-state index in [0.29, 0.717) is 48.8 Å². The van der Waals surface area contributed by atoms with Crippen LogP contribution in [0.3, 0.4) is 0 Å². The van der Waals surface area contributed by atoms with E-state index in [1.807, 2.05) is 28.7 Å². The van der Waals surface area contributed by atoms with Gasteiger partial charge in [0.15, 0.2) is 0 Å². The third-order valence-corrected chi connectivity index (χ3v) is 6.76. The van der Waals surface area contributed by atoms with Crippen molar-refractivity contribution in [2.24, 2.45) is 5.92 Å². The Labute approximate surface area is 218 Å². The lowest BCUT2D eigenvalue weighted by atomic mass is 10.1. The summed E-state index contributed by atoms with van der Waals surface area (Å²) >= 11 is 0. The predicted molar refractivity (Wildman–Crippen MR) is 149 cm³/mol. The van der Waals surface area contributed by atoms with Crippen molar-refractivity contribution < 1.29 is 4.79 Å². The summed E-state index contributed by atoms with van der Waals surface area (Å²) in [5.41, 5.74) is 3.19. The minimum atomic E-state index is -0.0489. The first-order valence-corrected chi connectivity index (χ1v) is 13.3. The Morgan fingerprint density at radius 1 is 1.11 bits per heavy atom. The van der Waals surface area contributed by atoms with Gasteiger partial charge in [0.1, 0.15) is 5.82 Å². The molecular formula is C29H38N6O2. The van der Waals surface area contributed by atoms with E-state index in [2.05, 4.69) is 72.4 Å². The number of nitrogens with one attached hydrogen (secondary N) is 1. The van der Waals surface area contributed by atoms with Crippen LogP contribution < -0.4 is 15.8 Å². The molecule has 2 heterocycles. The lowest BCUT2D eigenvalue weighted by molar-refractivity contribution is -0.121. The zero-order chi connectivity index (χ0) is 26.4. The minimum Gasteiger partial charge on any atom is -0.372 e. The number of aryl methyl sites for hydroxylation is 3. The molecule has 0 saturated carbocycles. The average Bonchev–Trinajstić information content (AvgIpc) is 3.31. The molecule has 2 aromatic heterocycles. The summed E-state index contributed by atoms with van der Waals surface area (Å²) in [5.74, 6) is 1.69. The molecule has 1 N–H and O–H groups in total. The molecule has 0 atom stereocenters. The number of benzene rings is 2. The molecule has 0 aliphatic rings. The lowest BCUT2D eigenvalue weighted by Crippen LogP contribution is -2.30. The molecule has 1 amide bonds. The van der Waals surface area contributed by atoms with E-state index in [0.717, 1.165) is 31.4 Å². The van der Waals surface area contributed by atoms with Crippen LogP contribution in [0.25, 0.3) is 16.7 Å². The van der Waals surface area contributed by atoms with Crippen molar-refractivity contribution in [1.82, 2.24) is 24.5 Å². The van der Waals surface area contributed by atoms with Gasteiger partial charge >= 0.3 is 0 Å². The average molecular weight is 503 g/mol. The monoisotopic (exact) mass is 502 g/mol. The molecule has 0 fully saturated rings. The third-order valence-electron chi connectivity index (χ3n) is 6.76. The van der Waals surface area contributed by atoms with E-state index in [1.165, 1.54) is 11.3 Å². The first kappa shape index (κ1) is 26.4. The van der Waals surface area contributed by atoms with E-state index >= 15 is 0 Å². The maximum Gasteiger partial charge on any atom is 0.262 e. The van der Waals surface area contributed by atoms with Crippen LogP contribution >= 0.6 is 0 Å². The van der Waals surface area contributed by atoms with E-state index in [4.69, 9.17) is 0 Å². The molecule has 2 aromatic carbocycles. The number of hydrogen-bond acceptors (Lipinski definition) is 5. The molecule has 8 nitrogen and oxygen atoms in total. The zero-order valence-electron chi connectivity index (χ0n) is 22.4. The molecule has 0 saturated heterocycles. The first-order chi connectivity index (χ1) is 17.9. The molecule has 0 aliphatic heterocycles. The van der Waals surface area contributed by atoms with Crippen molar-refractivity contribution in [2.75, 3.05) is 24.5 Å². The normalized spacial score (nSPS) is 11.5. The van der Waals surface area contributed by atoms with Crippen LogP contribution in [0.4, 0.5) is 5.69 Å². The smallest absolute Gasteiger partial charge is 0.262 e. The second-order valence-electron chi connectivity index (χ2n) is 10.0. The predicted octanol–water partition coefficient (Wildman–Crippen LogP) is 4.36. The Morgan fingerprint density at radius 2 is 1.92 bits per heavy atom. The number of hydrogen-bond donors (Lipinski definition) is 1. The van der Waals surface area contributed by atoms with Gasteiger partial charge in [0.2, 0.25) is 11.7 Å². The second-order valence-corrected chi connectivity index (χ2v) is 10.0. The fourth-order valence-electron chi connectivity index (χ4n) is 4.67. The molecule has 0 unspecified atom stereocenters. The molecule has 8 heteroatoms. The topological polar surface area (TPSA) is 84.5 Å². The standard InChI is InChI=1S/C29H38N6O2/c1-5-33(23-11-8-10-22(4)20-23)18-9-17-30-27(36)15-14-26-31-32-29-34(19-16-21(2)3)28(37)24-12-6-7-13-25(24)35(26)29/h6-8,10-13,20-21H,5,9,14-19H2,1-4H3,(H,30,36). The number of aromatic nitrogens is 4. The van der Waals surface area contributed by atoms with E-state index in [1.54, 1.807) is 4.57 Å². The number of carbonyl (C=O) groups is 1. The zero-order valence-corrected chi connectivity index (χ0v) is 22.4. The summed E-state index contributed by atoms with van der Waals surface area (Å²) in [4.78, 5) is 28.1. The number of anilines is 1. The van der Waals surface area contributed by atoms with E-state index < -0.39 is 0 Å². The highest BCUT2D eigenvalue weighted by atomic mass is 16.1. The van der Waals surface area contributed by atoms with Gasteiger partial charge in [-0.3, -0.25) is 18.6 Å². The van der Waals surface area contributed by atoms with E-state index in [9.17, 15) is 9.59 Å². The first-order valence-electron chi connectivity index (χ1n) is 13.3. The van der Waals surface area contributed by atoms with Gasteiger partial charge in [-0.05, 0) is 62.4 Å². The Hall–Kier alpha value is -3.68. The van der Waals surface area contributed by atoms with Crippen molar-refractivity contribution in [3.05, 3.63) is 70.3 Å². The van der Waals surface area contributed by atoms with Crippen molar-refractivity contribution >= 4 is 28.3 Å².